The van der Waals surface area contributed by atoms with E-state index in [-0.39, 0.29) is 0 Å². The topological polar surface area (TPSA) is 9.23 Å². The SMILES string of the molecule is C=C[C](C)c1cc(C)cc(OCC(C)C)c1. The number of aryl methyl sites for hydroxylation is 1. The molecule has 16 heavy (non-hydrogen) atoms. The second kappa shape index (κ2) is 5.74. The smallest absolute Gasteiger partial charge is 0.119 e. The van der Waals surface area contributed by atoms with Crippen LogP contribution in [0.1, 0.15) is 31.9 Å². The van der Waals surface area contributed by atoms with Crippen LogP contribution in [0.3, 0.4) is 0 Å². The van der Waals surface area contributed by atoms with Crippen molar-refractivity contribution in [3.63, 3.8) is 0 Å². The molecule has 1 aromatic carbocycles. The summed E-state index contributed by atoms with van der Waals surface area (Å²) in [5.41, 5.74) is 2.41. The van der Waals surface area contributed by atoms with Gasteiger partial charge < -0.3 is 4.74 Å². The highest BCUT2D eigenvalue weighted by atomic mass is 16.5. The number of hydrogen-bond donors (Lipinski definition) is 0. The van der Waals surface area contributed by atoms with E-state index in [1.54, 1.807) is 0 Å². The standard InChI is InChI=1S/C15H21O/c1-6-13(5)14-7-12(4)8-15(9-14)16-10-11(2)3/h6-9,11H,1,10H2,2-5H3. The molecule has 0 atom stereocenters. The molecule has 0 bridgehead atoms. The van der Waals surface area contributed by atoms with Crippen LogP contribution in [0.5, 0.6) is 5.75 Å². The lowest BCUT2D eigenvalue weighted by molar-refractivity contribution is 0.271. The monoisotopic (exact) mass is 217 g/mol. The maximum absolute atomic E-state index is 5.74. The van der Waals surface area contributed by atoms with Crippen LogP contribution in [0.15, 0.2) is 30.9 Å². The van der Waals surface area contributed by atoms with Crippen molar-refractivity contribution < 1.29 is 4.74 Å². The van der Waals surface area contributed by atoms with Crippen LogP contribution in [0.4, 0.5) is 0 Å². The number of hydrogen-bond acceptors (Lipinski definition) is 1. The third kappa shape index (κ3) is 3.73. The van der Waals surface area contributed by atoms with Crippen LogP contribution in [0.25, 0.3) is 0 Å². The third-order valence-corrected chi connectivity index (χ3v) is 2.40. The van der Waals surface area contributed by atoms with Gasteiger partial charge in [0.1, 0.15) is 5.75 Å². The molecule has 0 heterocycles. The van der Waals surface area contributed by atoms with Gasteiger partial charge in [-0.05, 0) is 36.1 Å². The summed E-state index contributed by atoms with van der Waals surface area (Å²) in [5.74, 6) is 2.68. The Labute approximate surface area is 99.1 Å². The van der Waals surface area contributed by atoms with Crippen LogP contribution in [0.2, 0.25) is 0 Å². The summed E-state index contributed by atoms with van der Waals surface area (Å²) in [6.45, 7) is 13.0. The number of ether oxygens (including phenoxy) is 1. The van der Waals surface area contributed by atoms with E-state index in [9.17, 15) is 0 Å². The van der Waals surface area contributed by atoms with E-state index in [0.717, 1.165) is 12.4 Å². The Balaban J connectivity index is 2.85. The first-order valence-corrected chi connectivity index (χ1v) is 5.73. The van der Waals surface area contributed by atoms with Gasteiger partial charge in [-0.2, -0.15) is 0 Å². The van der Waals surface area contributed by atoms with Gasteiger partial charge in [0, 0.05) is 5.92 Å². The Morgan fingerprint density at radius 2 is 2.06 bits per heavy atom. The number of rotatable bonds is 5. The summed E-state index contributed by atoms with van der Waals surface area (Å²) in [7, 11) is 0. The van der Waals surface area contributed by atoms with Gasteiger partial charge in [-0.1, -0.05) is 32.9 Å². The summed E-state index contributed by atoms with van der Waals surface area (Å²) in [4.78, 5) is 0. The van der Waals surface area contributed by atoms with E-state index in [0.29, 0.717) is 5.92 Å². The van der Waals surface area contributed by atoms with Crippen molar-refractivity contribution in [1.29, 1.82) is 0 Å². The molecule has 1 nitrogen and oxygen atoms in total. The number of allylic oxidation sites excluding steroid dienone is 1. The highest BCUT2D eigenvalue weighted by molar-refractivity contribution is 5.43. The molecule has 0 saturated carbocycles. The van der Waals surface area contributed by atoms with Gasteiger partial charge in [0.05, 0.1) is 6.61 Å². The fourth-order valence-electron chi connectivity index (χ4n) is 1.44. The summed E-state index contributed by atoms with van der Waals surface area (Å²) >= 11 is 0. The van der Waals surface area contributed by atoms with Crippen LogP contribution >= 0.6 is 0 Å². The van der Waals surface area contributed by atoms with Crippen LogP contribution in [-0.4, -0.2) is 6.61 Å². The molecule has 1 heteroatoms. The molecule has 87 valence electrons. The van der Waals surface area contributed by atoms with Gasteiger partial charge in [-0.3, -0.25) is 0 Å². The molecule has 0 fully saturated rings. The Morgan fingerprint density at radius 3 is 2.62 bits per heavy atom. The number of benzene rings is 1. The van der Waals surface area contributed by atoms with Gasteiger partial charge in [-0.25, -0.2) is 0 Å². The predicted octanol–water partition coefficient (Wildman–Crippen LogP) is 4.16. The van der Waals surface area contributed by atoms with Gasteiger partial charge in [0.15, 0.2) is 0 Å². The minimum absolute atomic E-state index is 0.549. The second-order valence-electron chi connectivity index (χ2n) is 4.63. The highest BCUT2D eigenvalue weighted by Crippen LogP contribution is 2.23. The lowest BCUT2D eigenvalue weighted by Gasteiger charge is -2.13. The maximum atomic E-state index is 5.74. The zero-order valence-corrected chi connectivity index (χ0v) is 10.7. The molecule has 0 spiro atoms. The summed E-state index contributed by atoms with van der Waals surface area (Å²) in [6.07, 6.45) is 1.88. The molecule has 0 aliphatic carbocycles. The molecule has 0 aliphatic rings. The largest absolute Gasteiger partial charge is 0.493 e. The van der Waals surface area contributed by atoms with E-state index in [1.807, 2.05) is 6.08 Å². The maximum Gasteiger partial charge on any atom is 0.119 e. The van der Waals surface area contributed by atoms with E-state index < -0.39 is 0 Å². The van der Waals surface area contributed by atoms with Crippen molar-refractivity contribution in [1.82, 2.24) is 0 Å². The van der Waals surface area contributed by atoms with Crippen LogP contribution < -0.4 is 4.74 Å². The van der Waals surface area contributed by atoms with E-state index >= 15 is 0 Å². The average molecular weight is 217 g/mol. The first-order chi connectivity index (χ1) is 7.52. The van der Waals surface area contributed by atoms with Crippen molar-refractivity contribution in [2.75, 3.05) is 6.61 Å². The summed E-state index contributed by atoms with van der Waals surface area (Å²) < 4.78 is 5.74. The zero-order chi connectivity index (χ0) is 12.1. The molecule has 0 aliphatic heterocycles. The molecule has 1 rings (SSSR count). The summed E-state index contributed by atoms with van der Waals surface area (Å²) in [5, 5.41) is 0. The van der Waals surface area contributed by atoms with Crippen LogP contribution in [-0.2, 0) is 0 Å². The second-order valence-corrected chi connectivity index (χ2v) is 4.63. The quantitative estimate of drug-likeness (QED) is 0.719. The minimum Gasteiger partial charge on any atom is -0.493 e. The van der Waals surface area contributed by atoms with Crippen molar-refractivity contribution in [2.24, 2.45) is 5.92 Å². The lowest BCUT2D eigenvalue weighted by atomic mass is 9.99. The molecule has 1 radical (unpaired) electrons. The minimum atomic E-state index is 0.549. The molecular formula is C15H21O. The van der Waals surface area contributed by atoms with Crippen molar-refractivity contribution in [3.05, 3.63) is 47.9 Å². The normalized spacial score (nSPS) is 10.9. The Bertz CT molecular complexity index is 352. The molecule has 0 unspecified atom stereocenters. The lowest BCUT2D eigenvalue weighted by Crippen LogP contribution is -2.05. The van der Waals surface area contributed by atoms with Gasteiger partial charge >= 0.3 is 0 Å². The van der Waals surface area contributed by atoms with E-state index in [2.05, 4.69) is 52.5 Å². The van der Waals surface area contributed by atoms with Gasteiger partial charge in [-0.15, -0.1) is 6.58 Å². The Morgan fingerprint density at radius 1 is 1.38 bits per heavy atom. The fourth-order valence-corrected chi connectivity index (χ4v) is 1.44. The summed E-state index contributed by atoms with van der Waals surface area (Å²) in [6, 6.07) is 6.30. The first-order valence-electron chi connectivity index (χ1n) is 5.73. The molecule has 1 aromatic rings. The fraction of sp³-hybridized carbons (Fsp3) is 0.400. The molecule has 0 aromatic heterocycles. The predicted molar refractivity (Wildman–Crippen MR) is 69.7 cm³/mol. The molecule has 0 N–H and O–H groups in total. The van der Waals surface area contributed by atoms with E-state index in [1.165, 1.54) is 17.0 Å². The molecule has 0 saturated heterocycles. The Kier molecular flexibility index (Phi) is 4.60. The van der Waals surface area contributed by atoms with Crippen LogP contribution in [0, 0.1) is 18.8 Å². The van der Waals surface area contributed by atoms with Gasteiger partial charge in [0.25, 0.3) is 0 Å². The molecule has 0 amide bonds. The first kappa shape index (κ1) is 12.8. The highest BCUT2D eigenvalue weighted by Gasteiger charge is 2.05. The average Bonchev–Trinajstić information content (AvgIpc) is 2.24. The van der Waals surface area contributed by atoms with Crippen molar-refractivity contribution in [3.8, 4) is 5.75 Å². The Hall–Kier alpha value is -1.24. The van der Waals surface area contributed by atoms with Gasteiger partial charge in [0.2, 0.25) is 0 Å². The zero-order valence-electron chi connectivity index (χ0n) is 10.7. The third-order valence-electron chi connectivity index (χ3n) is 2.40. The van der Waals surface area contributed by atoms with Crippen molar-refractivity contribution >= 4 is 0 Å². The van der Waals surface area contributed by atoms with E-state index in [4.69, 9.17) is 4.74 Å². The molecular weight excluding hydrogens is 196 g/mol. The van der Waals surface area contributed by atoms with Crippen molar-refractivity contribution in [2.45, 2.75) is 27.7 Å².